The first kappa shape index (κ1) is 23.6. The van der Waals surface area contributed by atoms with E-state index in [0.717, 1.165) is 35.3 Å². The molecule has 2 aliphatic rings. The van der Waals surface area contributed by atoms with Crippen LogP contribution in [0.15, 0.2) is 48.5 Å². The Bertz CT molecular complexity index is 1060. The van der Waals surface area contributed by atoms with Crippen LogP contribution in [0.1, 0.15) is 43.7 Å². The number of urea groups is 1. The first-order chi connectivity index (χ1) is 16.4. The molecular formula is C26H31N3O5. The summed E-state index contributed by atoms with van der Waals surface area (Å²) in [5, 5.41) is 5.66. The number of amides is 4. The Hall–Kier alpha value is -3.55. The number of methoxy groups -OCH3 is 1. The fourth-order valence-electron chi connectivity index (χ4n) is 4.72. The Balaban J connectivity index is 1.33. The monoisotopic (exact) mass is 465 g/mol. The van der Waals surface area contributed by atoms with E-state index in [0.29, 0.717) is 24.5 Å². The Morgan fingerprint density at radius 2 is 1.91 bits per heavy atom. The minimum atomic E-state index is -0.863. The summed E-state index contributed by atoms with van der Waals surface area (Å²) in [6.45, 7) is 2.34. The van der Waals surface area contributed by atoms with Gasteiger partial charge in [0.1, 0.15) is 18.7 Å². The Morgan fingerprint density at radius 1 is 1.12 bits per heavy atom. The highest BCUT2D eigenvalue weighted by molar-refractivity contribution is 6.09. The van der Waals surface area contributed by atoms with E-state index in [2.05, 4.69) is 10.6 Å². The zero-order valence-electron chi connectivity index (χ0n) is 19.6. The quantitative estimate of drug-likeness (QED) is 0.583. The van der Waals surface area contributed by atoms with Gasteiger partial charge in [-0.25, -0.2) is 4.79 Å². The predicted molar refractivity (Wildman–Crippen MR) is 126 cm³/mol. The van der Waals surface area contributed by atoms with Gasteiger partial charge in [-0.2, -0.15) is 0 Å². The summed E-state index contributed by atoms with van der Waals surface area (Å²) in [7, 11) is 1.56. The van der Waals surface area contributed by atoms with Gasteiger partial charge in [0.15, 0.2) is 11.5 Å². The molecule has 1 saturated heterocycles. The van der Waals surface area contributed by atoms with Crippen LogP contribution in [0, 0.1) is 5.92 Å². The molecule has 8 nitrogen and oxygen atoms in total. The second-order valence-corrected chi connectivity index (χ2v) is 8.98. The molecule has 4 amide bonds. The molecule has 8 heteroatoms. The zero-order valence-corrected chi connectivity index (χ0v) is 19.6. The number of hydrogen-bond donors (Lipinski definition) is 2. The van der Waals surface area contributed by atoms with Crippen molar-refractivity contribution in [3.63, 3.8) is 0 Å². The highest BCUT2D eigenvalue weighted by Gasteiger charge is 2.55. The Morgan fingerprint density at radius 3 is 2.65 bits per heavy atom. The maximum Gasteiger partial charge on any atom is 0.325 e. The molecule has 1 spiro atoms. The summed E-state index contributed by atoms with van der Waals surface area (Å²) in [5.74, 6) is 0.535. The van der Waals surface area contributed by atoms with Crippen molar-refractivity contribution in [1.29, 1.82) is 0 Å². The normalized spacial score (nSPS) is 21.9. The first-order valence-electron chi connectivity index (χ1n) is 11.7. The molecule has 2 fully saturated rings. The van der Waals surface area contributed by atoms with Crippen LogP contribution in [0.4, 0.5) is 4.79 Å². The summed E-state index contributed by atoms with van der Waals surface area (Å²) < 4.78 is 11.3. The summed E-state index contributed by atoms with van der Waals surface area (Å²) in [6.07, 6.45) is 3.45. The van der Waals surface area contributed by atoms with Crippen molar-refractivity contribution >= 4 is 17.8 Å². The van der Waals surface area contributed by atoms with Crippen molar-refractivity contribution in [3.8, 4) is 11.5 Å². The molecule has 2 atom stereocenters. The van der Waals surface area contributed by atoms with E-state index in [1.807, 2.05) is 43.3 Å². The van der Waals surface area contributed by atoms with E-state index >= 15 is 0 Å². The van der Waals surface area contributed by atoms with E-state index in [1.54, 1.807) is 19.2 Å². The summed E-state index contributed by atoms with van der Waals surface area (Å²) in [4.78, 5) is 39.1. The van der Waals surface area contributed by atoms with Crippen LogP contribution in [0.5, 0.6) is 11.5 Å². The van der Waals surface area contributed by atoms with Crippen LogP contribution in [0.2, 0.25) is 0 Å². The maximum atomic E-state index is 13.0. The number of benzene rings is 2. The van der Waals surface area contributed by atoms with Crippen molar-refractivity contribution in [3.05, 3.63) is 59.7 Å². The molecule has 0 aromatic heterocycles. The molecule has 180 valence electrons. The molecule has 1 aliphatic carbocycles. The van der Waals surface area contributed by atoms with Crippen LogP contribution in [0.3, 0.4) is 0 Å². The average Bonchev–Trinajstić information content (AvgIpc) is 3.09. The van der Waals surface area contributed by atoms with Gasteiger partial charge >= 0.3 is 6.03 Å². The van der Waals surface area contributed by atoms with Gasteiger partial charge in [-0.15, -0.1) is 0 Å². The van der Waals surface area contributed by atoms with Gasteiger partial charge in [0, 0.05) is 6.54 Å². The van der Waals surface area contributed by atoms with Crippen LogP contribution < -0.4 is 20.1 Å². The lowest BCUT2D eigenvalue weighted by Crippen LogP contribution is -2.54. The maximum absolute atomic E-state index is 13.0. The third-order valence-corrected chi connectivity index (χ3v) is 6.76. The van der Waals surface area contributed by atoms with E-state index in [1.165, 1.54) is 0 Å². The molecule has 34 heavy (non-hydrogen) atoms. The highest BCUT2D eigenvalue weighted by Crippen LogP contribution is 2.38. The number of hydrogen-bond acceptors (Lipinski definition) is 5. The molecule has 4 rings (SSSR count). The van der Waals surface area contributed by atoms with Crippen LogP contribution in [0.25, 0.3) is 0 Å². The lowest BCUT2D eigenvalue weighted by atomic mass is 9.73. The van der Waals surface area contributed by atoms with Gasteiger partial charge in [0.2, 0.25) is 5.91 Å². The lowest BCUT2D eigenvalue weighted by Gasteiger charge is -2.36. The van der Waals surface area contributed by atoms with E-state index in [-0.39, 0.29) is 24.9 Å². The van der Waals surface area contributed by atoms with E-state index in [9.17, 15) is 14.4 Å². The van der Waals surface area contributed by atoms with Crippen molar-refractivity contribution in [1.82, 2.24) is 15.5 Å². The van der Waals surface area contributed by atoms with Gasteiger partial charge in [-0.1, -0.05) is 56.2 Å². The minimum Gasteiger partial charge on any atom is -0.493 e. The number of nitrogens with zero attached hydrogens (tertiary/aromatic N) is 1. The third kappa shape index (κ3) is 4.85. The zero-order chi connectivity index (χ0) is 24.1. The molecule has 0 unspecified atom stereocenters. The fourth-order valence-corrected chi connectivity index (χ4v) is 4.72. The van der Waals surface area contributed by atoms with Crippen LogP contribution in [-0.2, 0) is 22.7 Å². The molecule has 1 heterocycles. The van der Waals surface area contributed by atoms with Crippen LogP contribution in [-0.4, -0.2) is 41.9 Å². The molecule has 0 radical (unpaired) electrons. The summed E-state index contributed by atoms with van der Waals surface area (Å²) in [6, 6.07) is 14.8. The molecule has 2 aromatic carbocycles. The Labute approximate surface area is 199 Å². The lowest BCUT2D eigenvalue weighted by molar-refractivity contribution is -0.137. The summed E-state index contributed by atoms with van der Waals surface area (Å²) >= 11 is 0. The molecule has 0 bridgehead atoms. The second-order valence-electron chi connectivity index (χ2n) is 8.98. The smallest absolute Gasteiger partial charge is 0.325 e. The minimum absolute atomic E-state index is 0.0563. The summed E-state index contributed by atoms with van der Waals surface area (Å²) in [5.41, 5.74) is 0.996. The predicted octanol–water partition coefficient (Wildman–Crippen LogP) is 3.39. The molecular weight excluding hydrogens is 434 g/mol. The SMILES string of the molecule is COc1cc(CNC(=O)CN2C(=O)N[C@@]3(CCCC[C@@H]3C)C2=O)ccc1OCc1ccccc1. The van der Waals surface area contributed by atoms with Gasteiger partial charge < -0.3 is 20.1 Å². The molecule has 2 N–H and O–H groups in total. The first-order valence-corrected chi connectivity index (χ1v) is 11.7. The average molecular weight is 466 g/mol. The largest absolute Gasteiger partial charge is 0.493 e. The second kappa shape index (κ2) is 10.2. The molecule has 1 saturated carbocycles. The van der Waals surface area contributed by atoms with E-state index < -0.39 is 17.5 Å². The van der Waals surface area contributed by atoms with Crippen molar-refractivity contribution in [2.45, 2.75) is 51.3 Å². The van der Waals surface area contributed by atoms with Crippen molar-refractivity contribution in [2.75, 3.05) is 13.7 Å². The molecule has 2 aromatic rings. The number of carbonyl (C=O) groups excluding carboxylic acids is 3. The highest BCUT2D eigenvalue weighted by atomic mass is 16.5. The van der Waals surface area contributed by atoms with Gasteiger partial charge in [-0.05, 0) is 42.0 Å². The van der Waals surface area contributed by atoms with Crippen LogP contribution >= 0.6 is 0 Å². The number of carbonyl (C=O) groups is 3. The third-order valence-electron chi connectivity index (χ3n) is 6.76. The van der Waals surface area contributed by atoms with Gasteiger partial charge in [-0.3, -0.25) is 14.5 Å². The number of rotatable bonds is 8. The van der Waals surface area contributed by atoms with Crippen molar-refractivity contribution in [2.24, 2.45) is 5.92 Å². The van der Waals surface area contributed by atoms with Gasteiger partial charge in [0.05, 0.1) is 7.11 Å². The topological polar surface area (TPSA) is 97.0 Å². The number of nitrogens with one attached hydrogen (secondary N) is 2. The van der Waals surface area contributed by atoms with E-state index in [4.69, 9.17) is 9.47 Å². The number of imide groups is 1. The molecule has 1 aliphatic heterocycles. The fraction of sp³-hybridized carbons (Fsp3) is 0.423. The standard InChI is InChI=1S/C26H31N3O5/c1-18-8-6-7-13-26(18)24(31)29(25(32)28-26)16-23(30)27-15-20-11-12-21(22(14-20)33-2)34-17-19-9-4-3-5-10-19/h3-5,9-12,14,18H,6-8,13,15-17H2,1-2H3,(H,27,30)(H,28,32)/t18-,26+/m0/s1. The van der Waals surface area contributed by atoms with Crippen molar-refractivity contribution < 1.29 is 23.9 Å². The number of ether oxygens (including phenoxy) is 2. The Kier molecular flexibility index (Phi) is 7.05. The van der Waals surface area contributed by atoms with Gasteiger partial charge in [0.25, 0.3) is 5.91 Å².